The highest BCUT2D eigenvalue weighted by molar-refractivity contribution is 9.10. The maximum Gasteiger partial charge on any atom is 0.124 e. The summed E-state index contributed by atoms with van der Waals surface area (Å²) in [5.74, 6) is -0.371. The minimum Gasteiger partial charge on any atom is -0.382 e. The van der Waals surface area contributed by atoms with E-state index in [1.54, 1.807) is 7.05 Å². The van der Waals surface area contributed by atoms with Gasteiger partial charge in [-0.05, 0) is 12.1 Å². The number of nitrogens with zero attached hydrogens (tertiary/aromatic N) is 2. The van der Waals surface area contributed by atoms with Crippen molar-refractivity contribution < 1.29 is 9.50 Å². The Morgan fingerprint density at radius 2 is 2.24 bits per heavy atom. The smallest absolute Gasteiger partial charge is 0.124 e. The van der Waals surface area contributed by atoms with E-state index >= 15 is 0 Å². The third-order valence-electron chi connectivity index (χ3n) is 2.45. The lowest BCUT2D eigenvalue weighted by Gasteiger charge is -2.14. The Morgan fingerprint density at radius 3 is 2.76 bits per heavy atom. The lowest BCUT2D eigenvalue weighted by atomic mass is 10.1. The molecule has 0 aliphatic carbocycles. The zero-order valence-electron chi connectivity index (χ0n) is 8.86. The Hall–Kier alpha value is -0.910. The van der Waals surface area contributed by atoms with Crippen LogP contribution in [0.15, 0.2) is 28.9 Å². The van der Waals surface area contributed by atoms with Crippen molar-refractivity contribution in [1.82, 2.24) is 9.78 Å². The molecule has 1 unspecified atom stereocenters. The van der Waals surface area contributed by atoms with Crippen LogP contribution in [0, 0.1) is 5.82 Å². The molecule has 90 valence electrons. The van der Waals surface area contributed by atoms with E-state index in [0.717, 1.165) is 0 Å². The van der Waals surface area contributed by atoms with Crippen molar-refractivity contribution in [3.05, 3.63) is 51.0 Å². The highest BCUT2D eigenvalue weighted by Crippen LogP contribution is 2.32. The summed E-state index contributed by atoms with van der Waals surface area (Å²) in [6.45, 7) is 0. The van der Waals surface area contributed by atoms with Crippen molar-refractivity contribution in [2.45, 2.75) is 6.10 Å². The zero-order valence-corrected chi connectivity index (χ0v) is 11.2. The third kappa shape index (κ3) is 2.36. The minimum absolute atomic E-state index is 0.371. The first-order valence-electron chi connectivity index (χ1n) is 4.81. The fourth-order valence-electron chi connectivity index (χ4n) is 1.60. The molecule has 0 saturated heterocycles. The summed E-state index contributed by atoms with van der Waals surface area (Å²) in [6.07, 6.45) is 0.502. The molecule has 1 aromatic heterocycles. The van der Waals surface area contributed by atoms with Crippen molar-refractivity contribution in [2.75, 3.05) is 0 Å². The van der Waals surface area contributed by atoms with Gasteiger partial charge >= 0.3 is 0 Å². The molecule has 1 heterocycles. The first-order chi connectivity index (χ1) is 8.00. The standard InChI is InChI=1S/C11H9BrClFN2O/c1-16-10(9(13)5-15-16)11(17)7-3-2-6(14)4-8(7)12/h2-5,11,17H,1H3. The van der Waals surface area contributed by atoms with Crippen molar-refractivity contribution in [1.29, 1.82) is 0 Å². The van der Waals surface area contributed by atoms with Crippen LogP contribution < -0.4 is 0 Å². The molecular formula is C11H9BrClFN2O. The van der Waals surface area contributed by atoms with Gasteiger partial charge in [-0.1, -0.05) is 33.6 Å². The highest BCUT2D eigenvalue weighted by atomic mass is 79.9. The summed E-state index contributed by atoms with van der Waals surface area (Å²) in [6, 6.07) is 4.09. The molecule has 0 fully saturated rings. The number of halogens is 3. The molecule has 0 amide bonds. The predicted octanol–water partition coefficient (Wildman–Crippen LogP) is 3.06. The average molecular weight is 320 g/mol. The summed E-state index contributed by atoms with van der Waals surface area (Å²) in [5.41, 5.74) is 1.01. The number of aryl methyl sites for hydroxylation is 1. The Labute approximate surface area is 111 Å². The molecule has 2 rings (SSSR count). The second-order valence-electron chi connectivity index (χ2n) is 3.57. The molecule has 0 spiro atoms. The molecular weight excluding hydrogens is 310 g/mol. The van der Waals surface area contributed by atoms with Crippen LogP contribution in [0.5, 0.6) is 0 Å². The number of aliphatic hydroxyl groups is 1. The maximum absolute atomic E-state index is 13.0. The van der Waals surface area contributed by atoms with E-state index in [4.69, 9.17) is 11.6 Å². The number of hydrogen-bond donors (Lipinski definition) is 1. The van der Waals surface area contributed by atoms with Gasteiger partial charge in [-0.25, -0.2) is 4.39 Å². The van der Waals surface area contributed by atoms with Crippen LogP contribution in [0.1, 0.15) is 17.4 Å². The van der Waals surface area contributed by atoms with Gasteiger partial charge in [0.25, 0.3) is 0 Å². The third-order valence-corrected chi connectivity index (χ3v) is 3.43. The molecule has 0 saturated carbocycles. The van der Waals surface area contributed by atoms with E-state index in [2.05, 4.69) is 21.0 Å². The van der Waals surface area contributed by atoms with Gasteiger partial charge in [0.1, 0.15) is 11.9 Å². The monoisotopic (exact) mass is 318 g/mol. The molecule has 1 N–H and O–H groups in total. The Balaban J connectivity index is 2.47. The number of aliphatic hydroxyl groups excluding tert-OH is 1. The van der Waals surface area contributed by atoms with Gasteiger partial charge in [-0.2, -0.15) is 5.10 Å². The molecule has 0 radical (unpaired) electrons. The summed E-state index contributed by atoms with van der Waals surface area (Å²) in [5, 5.41) is 14.5. The van der Waals surface area contributed by atoms with E-state index in [0.29, 0.717) is 20.8 Å². The largest absolute Gasteiger partial charge is 0.382 e. The van der Waals surface area contributed by atoms with Crippen LogP contribution in [0.25, 0.3) is 0 Å². The average Bonchev–Trinajstić information content (AvgIpc) is 2.58. The quantitative estimate of drug-likeness (QED) is 0.924. The Kier molecular flexibility index (Phi) is 3.51. The van der Waals surface area contributed by atoms with Crippen LogP contribution in [-0.4, -0.2) is 14.9 Å². The van der Waals surface area contributed by atoms with Crippen LogP contribution in [0.2, 0.25) is 5.02 Å². The molecule has 17 heavy (non-hydrogen) atoms. The summed E-state index contributed by atoms with van der Waals surface area (Å²) < 4.78 is 14.9. The van der Waals surface area contributed by atoms with Crippen LogP contribution in [0.4, 0.5) is 4.39 Å². The van der Waals surface area contributed by atoms with E-state index in [1.165, 1.54) is 29.1 Å². The SMILES string of the molecule is Cn1ncc(Cl)c1C(O)c1ccc(F)cc1Br. The first kappa shape index (κ1) is 12.5. The molecule has 6 heteroatoms. The fourth-order valence-corrected chi connectivity index (χ4v) is 2.44. The van der Waals surface area contributed by atoms with Crippen LogP contribution >= 0.6 is 27.5 Å². The van der Waals surface area contributed by atoms with Crippen LogP contribution in [-0.2, 0) is 7.05 Å². The van der Waals surface area contributed by atoms with Gasteiger partial charge in [0, 0.05) is 17.1 Å². The number of rotatable bonds is 2. The van der Waals surface area contributed by atoms with Crippen molar-refractivity contribution in [3.8, 4) is 0 Å². The number of aromatic nitrogens is 2. The lowest BCUT2D eigenvalue weighted by molar-refractivity contribution is 0.209. The first-order valence-corrected chi connectivity index (χ1v) is 5.98. The maximum atomic E-state index is 13.0. The summed E-state index contributed by atoms with van der Waals surface area (Å²) in [4.78, 5) is 0. The van der Waals surface area contributed by atoms with Gasteiger partial charge in [0.15, 0.2) is 0 Å². The van der Waals surface area contributed by atoms with Gasteiger partial charge < -0.3 is 5.11 Å². The van der Waals surface area contributed by atoms with Gasteiger partial charge in [0.05, 0.1) is 16.9 Å². The molecule has 0 aliphatic rings. The molecule has 1 atom stereocenters. The fraction of sp³-hybridized carbons (Fsp3) is 0.182. The molecule has 0 bridgehead atoms. The second-order valence-corrected chi connectivity index (χ2v) is 4.83. The van der Waals surface area contributed by atoms with E-state index in [-0.39, 0.29) is 5.82 Å². The second kappa shape index (κ2) is 4.76. The zero-order chi connectivity index (χ0) is 12.6. The van der Waals surface area contributed by atoms with Gasteiger partial charge in [-0.3, -0.25) is 4.68 Å². The number of hydrogen-bond acceptors (Lipinski definition) is 2. The van der Waals surface area contributed by atoms with Crippen molar-refractivity contribution >= 4 is 27.5 Å². The molecule has 0 aliphatic heterocycles. The summed E-state index contributed by atoms with van der Waals surface area (Å²) >= 11 is 9.15. The Morgan fingerprint density at radius 1 is 1.53 bits per heavy atom. The minimum atomic E-state index is -0.954. The highest BCUT2D eigenvalue weighted by Gasteiger charge is 2.20. The number of benzene rings is 1. The van der Waals surface area contributed by atoms with Crippen LogP contribution in [0.3, 0.4) is 0 Å². The topological polar surface area (TPSA) is 38.0 Å². The normalized spacial score (nSPS) is 12.8. The van der Waals surface area contributed by atoms with E-state index in [9.17, 15) is 9.50 Å². The Bertz CT molecular complexity index is 539. The van der Waals surface area contributed by atoms with Crippen molar-refractivity contribution in [3.63, 3.8) is 0 Å². The molecule has 3 nitrogen and oxygen atoms in total. The summed E-state index contributed by atoms with van der Waals surface area (Å²) in [7, 11) is 1.68. The van der Waals surface area contributed by atoms with E-state index < -0.39 is 6.10 Å². The predicted molar refractivity (Wildman–Crippen MR) is 66.4 cm³/mol. The lowest BCUT2D eigenvalue weighted by Crippen LogP contribution is -2.08. The molecule has 1 aromatic carbocycles. The van der Waals surface area contributed by atoms with Crippen molar-refractivity contribution in [2.24, 2.45) is 7.05 Å². The van der Waals surface area contributed by atoms with Gasteiger partial charge in [0.2, 0.25) is 0 Å². The van der Waals surface area contributed by atoms with E-state index in [1.807, 2.05) is 0 Å². The molecule has 2 aromatic rings. The van der Waals surface area contributed by atoms with Gasteiger partial charge in [-0.15, -0.1) is 0 Å².